The van der Waals surface area contributed by atoms with Crippen molar-refractivity contribution >= 4 is 11.6 Å². The van der Waals surface area contributed by atoms with Gasteiger partial charge in [0, 0.05) is 5.88 Å². The van der Waals surface area contributed by atoms with E-state index in [0.717, 1.165) is 44.0 Å². The summed E-state index contributed by atoms with van der Waals surface area (Å²) in [5, 5.41) is 3.38. The molecule has 1 rings (SSSR count). The molecule has 0 saturated carbocycles. The molecule has 0 heterocycles. The molecule has 96 valence electrons. The second-order valence-electron chi connectivity index (χ2n) is 4.04. The van der Waals surface area contributed by atoms with Gasteiger partial charge in [0.05, 0.1) is 7.11 Å². The third-order valence-corrected chi connectivity index (χ3v) is 3.08. The summed E-state index contributed by atoms with van der Waals surface area (Å²) < 4.78 is 5.37. The number of ether oxygens (including phenoxy) is 1. The van der Waals surface area contributed by atoms with Crippen LogP contribution in [0.25, 0.3) is 0 Å². The van der Waals surface area contributed by atoms with E-state index in [2.05, 4.69) is 30.4 Å². The van der Waals surface area contributed by atoms with Crippen molar-refractivity contribution in [2.75, 3.05) is 26.1 Å². The number of hydrogen-bond donors (Lipinski definition) is 1. The second kappa shape index (κ2) is 8.37. The first-order valence-corrected chi connectivity index (χ1v) is 6.77. The Morgan fingerprint density at radius 2 is 2.12 bits per heavy atom. The monoisotopic (exact) mass is 255 g/mol. The van der Waals surface area contributed by atoms with E-state index in [1.54, 1.807) is 7.11 Å². The quantitative estimate of drug-likeness (QED) is 0.570. The van der Waals surface area contributed by atoms with Gasteiger partial charge in [-0.25, -0.2) is 0 Å². The lowest BCUT2D eigenvalue weighted by atomic mass is 10.1. The Balaban J connectivity index is 2.49. The molecule has 2 nitrogen and oxygen atoms in total. The summed E-state index contributed by atoms with van der Waals surface area (Å²) in [4.78, 5) is 0. The largest absolute Gasteiger partial charge is 0.496 e. The zero-order valence-corrected chi connectivity index (χ0v) is 11.5. The molecule has 0 bridgehead atoms. The van der Waals surface area contributed by atoms with Crippen LogP contribution in [0.2, 0.25) is 0 Å². The van der Waals surface area contributed by atoms with Gasteiger partial charge in [0.25, 0.3) is 0 Å². The zero-order chi connectivity index (χ0) is 12.5. The van der Waals surface area contributed by atoms with Gasteiger partial charge in [0.2, 0.25) is 0 Å². The summed E-state index contributed by atoms with van der Waals surface area (Å²) in [6.45, 7) is 4.13. The van der Waals surface area contributed by atoms with Gasteiger partial charge in [-0.1, -0.05) is 19.1 Å². The normalized spacial score (nSPS) is 10.5. The molecule has 0 aliphatic carbocycles. The molecule has 0 aromatic heterocycles. The number of rotatable bonds is 8. The molecule has 0 fully saturated rings. The number of benzene rings is 1. The van der Waals surface area contributed by atoms with Crippen molar-refractivity contribution in [3.63, 3.8) is 0 Å². The fourth-order valence-corrected chi connectivity index (χ4v) is 1.92. The Hall–Kier alpha value is -0.730. The molecule has 0 spiro atoms. The van der Waals surface area contributed by atoms with Crippen molar-refractivity contribution in [2.45, 2.75) is 26.2 Å². The summed E-state index contributed by atoms with van der Waals surface area (Å²) in [6.07, 6.45) is 3.09. The molecule has 1 aromatic carbocycles. The molecule has 0 atom stereocenters. The van der Waals surface area contributed by atoms with Crippen molar-refractivity contribution in [3.8, 4) is 5.75 Å². The summed E-state index contributed by atoms with van der Waals surface area (Å²) >= 11 is 5.62. The maximum absolute atomic E-state index is 5.62. The third kappa shape index (κ3) is 4.97. The van der Waals surface area contributed by atoms with Gasteiger partial charge in [0.1, 0.15) is 5.75 Å². The van der Waals surface area contributed by atoms with E-state index in [1.807, 2.05) is 0 Å². The van der Waals surface area contributed by atoms with Crippen LogP contribution in [0.3, 0.4) is 0 Å². The van der Waals surface area contributed by atoms with E-state index < -0.39 is 0 Å². The third-order valence-electron chi connectivity index (χ3n) is 2.81. The highest BCUT2D eigenvalue weighted by Crippen LogP contribution is 2.20. The van der Waals surface area contributed by atoms with Crippen LogP contribution in [0.4, 0.5) is 0 Å². The van der Waals surface area contributed by atoms with Crippen molar-refractivity contribution in [2.24, 2.45) is 0 Å². The van der Waals surface area contributed by atoms with Crippen LogP contribution >= 0.6 is 11.6 Å². The zero-order valence-electron chi connectivity index (χ0n) is 10.8. The molecule has 3 heteroatoms. The Bertz CT molecular complexity index is 328. The molecule has 0 unspecified atom stereocenters. The Kier molecular flexibility index (Phi) is 7.06. The number of methoxy groups -OCH3 is 1. The highest BCUT2D eigenvalue weighted by molar-refractivity contribution is 6.17. The standard InChI is InChI=1S/C14H22ClNO/c1-3-12-5-6-14(17-2)13(11-12)7-10-16-9-4-8-15/h5-6,11,16H,3-4,7-10H2,1-2H3. The van der Waals surface area contributed by atoms with Gasteiger partial charge in [-0.05, 0) is 49.5 Å². The first-order chi connectivity index (χ1) is 8.31. The van der Waals surface area contributed by atoms with E-state index in [0.29, 0.717) is 0 Å². The minimum absolute atomic E-state index is 0.724. The van der Waals surface area contributed by atoms with Crippen LogP contribution in [0.5, 0.6) is 5.75 Å². The minimum Gasteiger partial charge on any atom is -0.496 e. The molecular weight excluding hydrogens is 234 g/mol. The second-order valence-corrected chi connectivity index (χ2v) is 4.42. The van der Waals surface area contributed by atoms with Crippen molar-refractivity contribution in [1.29, 1.82) is 0 Å². The molecule has 0 saturated heterocycles. The summed E-state index contributed by atoms with van der Waals surface area (Å²) in [7, 11) is 1.73. The predicted octanol–water partition coefficient (Wildman–Crippen LogP) is 3.02. The van der Waals surface area contributed by atoms with Crippen LogP contribution in [-0.2, 0) is 12.8 Å². The predicted molar refractivity (Wildman–Crippen MR) is 74.3 cm³/mol. The Labute approximate surface area is 109 Å². The smallest absolute Gasteiger partial charge is 0.122 e. The van der Waals surface area contributed by atoms with Gasteiger partial charge in [-0.15, -0.1) is 11.6 Å². The Morgan fingerprint density at radius 3 is 2.76 bits per heavy atom. The first-order valence-electron chi connectivity index (χ1n) is 6.24. The van der Waals surface area contributed by atoms with Crippen LogP contribution in [0, 0.1) is 0 Å². The van der Waals surface area contributed by atoms with Crippen LogP contribution in [0.15, 0.2) is 18.2 Å². The SMILES string of the molecule is CCc1ccc(OC)c(CCNCCCCl)c1. The summed E-state index contributed by atoms with van der Waals surface area (Å²) in [6, 6.07) is 6.43. The van der Waals surface area contributed by atoms with E-state index in [9.17, 15) is 0 Å². The van der Waals surface area contributed by atoms with E-state index in [4.69, 9.17) is 16.3 Å². The fraction of sp³-hybridized carbons (Fsp3) is 0.571. The molecule has 0 radical (unpaired) electrons. The number of nitrogens with one attached hydrogen (secondary N) is 1. The molecule has 1 N–H and O–H groups in total. The minimum atomic E-state index is 0.724. The van der Waals surface area contributed by atoms with Gasteiger partial charge in [-0.2, -0.15) is 0 Å². The number of halogens is 1. The Morgan fingerprint density at radius 1 is 1.29 bits per heavy atom. The molecular formula is C14H22ClNO. The topological polar surface area (TPSA) is 21.3 Å². The van der Waals surface area contributed by atoms with Gasteiger partial charge >= 0.3 is 0 Å². The lowest BCUT2D eigenvalue weighted by Gasteiger charge is -2.10. The lowest BCUT2D eigenvalue weighted by molar-refractivity contribution is 0.409. The summed E-state index contributed by atoms with van der Waals surface area (Å²) in [5.41, 5.74) is 2.65. The van der Waals surface area contributed by atoms with Gasteiger partial charge in [-0.3, -0.25) is 0 Å². The van der Waals surface area contributed by atoms with Crippen molar-refractivity contribution < 1.29 is 4.74 Å². The number of alkyl halides is 1. The van der Waals surface area contributed by atoms with Crippen LogP contribution in [0.1, 0.15) is 24.5 Å². The van der Waals surface area contributed by atoms with Crippen molar-refractivity contribution in [3.05, 3.63) is 29.3 Å². The average molecular weight is 256 g/mol. The molecule has 1 aromatic rings. The number of aryl methyl sites for hydroxylation is 1. The average Bonchev–Trinajstić information content (AvgIpc) is 2.38. The van der Waals surface area contributed by atoms with Gasteiger partial charge < -0.3 is 10.1 Å². The van der Waals surface area contributed by atoms with Crippen LogP contribution in [-0.4, -0.2) is 26.1 Å². The molecule has 17 heavy (non-hydrogen) atoms. The fourth-order valence-electron chi connectivity index (χ4n) is 1.79. The maximum atomic E-state index is 5.62. The van der Waals surface area contributed by atoms with Gasteiger partial charge in [0.15, 0.2) is 0 Å². The van der Waals surface area contributed by atoms with Crippen molar-refractivity contribution in [1.82, 2.24) is 5.32 Å². The lowest BCUT2D eigenvalue weighted by Crippen LogP contribution is -2.19. The van der Waals surface area contributed by atoms with Crippen LogP contribution < -0.4 is 10.1 Å². The molecule has 0 amide bonds. The van der Waals surface area contributed by atoms with E-state index in [-0.39, 0.29) is 0 Å². The highest BCUT2D eigenvalue weighted by atomic mass is 35.5. The summed E-state index contributed by atoms with van der Waals surface area (Å²) in [5.74, 6) is 1.71. The molecule has 0 aliphatic heterocycles. The highest BCUT2D eigenvalue weighted by Gasteiger charge is 2.03. The first kappa shape index (κ1) is 14.3. The van der Waals surface area contributed by atoms with E-state index in [1.165, 1.54) is 11.1 Å². The maximum Gasteiger partial charge on any atom is 0.122 e. The number of hydrogen-bond acceptors (Lipinski definition) is 2. The van der Waals surface area contributed by atoms with E-state index >= 15 is 0 Å². The molecule has 0 aliphatic rings.